The van der Waals surface area contributed by atoms with Gasteiger partial charge in [-0.05, 0) is 141 Å². The van der Waals surface area contributed by atoms with Crippen molar-refractivity contribution < 1.29 is 0 Å². The predicted octanol–water partition coefficient (Wildman–Crippen LogP) is 8.29. The summed E-state index contributed by atoms with van der Waals surface area (Å²) >= 11 is 0. The van der Waals surface area contributed by atoms with Crippen molar-refractivity contribution in [1.82, 2.24) is 20.2 Å². The summed E-state index contributed by atoms with van der Waals surface area (Å²) in [4.78, 5) is 11.9. The van der Waals surface area contributed by atoms with Gasteiger partial charge in [-0.25, -0.2) is 0 Å². The first kappa shape index (κ1) is 34.7. The number of aryl methyl sites for hydroxylation is 4. The van der Waals surface area contributed by atoms with Gasteiger partial charge in [0, 0.05) is 55.7 Å². The third kappa shape index (κ3) is 8.30. The Morgan fingerprint density at radius 3 is 1.66 bits per heavy atom. The number of pyridine rings is 2. The third-order valence-electron chi connectivity index (χ3n) is 8.37. The molecule has 1 saturated heterocycles. The van der Waals surface area contributed by atoms with Crippen LogP contribution in [0.3, 0.4) is 0 Å². The van der Waals surface area contributed by atoms with Gasteiger partial charge < -0.3 is 5.32 Å². The summed E-state index contributed by atoms with van der Waals surface area (Å²) in [6, 6.07) is 18.3. The van der Waals surface area contributed by atoms with E-state index in [1.165, 1.54) is 62.1 Å². The van der Waals surface area contributed by atoms with Crippen molar-refractivity contribution in [1.29, 1.82) is 0 Å². The highest BCUT2D eigenvalue weighted by Gasteiger charge is 2.22. The minimum Gasteiger partial charge on any atom is -0.309 e. The van der Waals surface area contributed by atoms with Gasteiger partial charge in [-0.2, -0.15) is 0 Å². The zero-order valence-electron chi connectivity index (χ0n) is 25.0. The van der Waals surface area contributed by atoms with Gasteiger partial charge in [-0.15, -0.1) is 37.2 Å². The van der Waals surface area contributed by atoms with E-state index in [0.717, 1.165) is 37.6 Å². The molecule has 4 aromatic rings. The molecular weight excluding hydrogens is 571 g/mol. The quantitative estimate of drug-likeness (QED) is 0.228. The molecule has 3 heterocycles. The summed E-state index contributed by atoms with van der Waals surface area (Å²) in [5.74, 6) is 0. The third-order valence-corrected chi connectivity index (χ3v) is 8.37. The average Bonchev–Trinajstić information content (AvgIpc) is 3.36. The summed E-state index contributed by atoms with van der Waals surface area (Å²) in [5, 5.41) is 3.80. The smallest absolute Gasteiger partial charge is 0.0705 e. The molecule has 5 rings (SSSR count). The van der Waals surface area contributed by atoms with Crippen molar-refractivity contribution in [3.8, 4) is 22.5 Å². The first-order valence-electron chi connectivity index (χ1n) is 13.8. The van der Waals surface area contributed by atoms with E-state index in [-0.39, 0.29) is 37.2 Å². The maximum Gasteiger partial charge on any atom is 0.0705 e. The molecule has 41 heavy (non-hydrogen) atoms. The van der Waals surface area contributed by atoms with Gasteiger partial charge in [0.2, 0.25) is 0 Å². The predicted molar refractivity (Wildman–Crippen MR) is 180 cm³/mol. The fourth-order valence-corrected chi connectivity index (χ4v) is 5.50. The first-order valence-corrected chi connectivity index (χ1v) is 13.8. The molecule has 1 atom stereocenters. The summed E-state index contributed by atoms with van der Waals surface area (Å²) in [7, 11) is 0. The Kier molecular flexibility index (Phi) is 12.8. The Morgan fingerprint density at radius 2 is 1.15 bits per heavy atom. The lowest BCUT2D eigenvalue weighted by atomic mass is 9.98. The normalized spacial score (nSPS) is 14.6. The number of hydrogen-bond donors (Lipinski definition) is 1. The monoisotopic (exact) mass is 612 g/mol. The van der Waals surface area contributed by atoms with Crippen molar-refractivity contribution in [3.63, 3.8) is 0 Å². The van der Waals surface area contributed by atoms with Crippen LogP contribution in [0.1, 0.15) is 50.9 Å². The van der Waals surface area contributed by atoms with Crippen molar-refractivity contribution in [2.75, 3.05) is 13.1 Å². The van der Waals surface area contributed by atoms with Crippen molar-refractivity contribution >= 4 is 37.2 Å². The van der Waals surface area contributed by atoms with Crippen LogP contribution in [0.5, 0.6) is 0 Å². The Labute approximate surface area is 264 Å². The number of likely N-dealkylation sites (tertiary alicyclic amines) is 1. The van der Waals surface area contributed by atoms with E-state index in [0.29, 0.717) is 6.04 Å². The van der Waals surface area contributed by atoms with Gasteiger partial charge >= 0.3 is 0 Å². The fraction of sp³-hybridized carbons (Fsp3) is 0.353. The summed E-state index contributed by atoms with van der Waals surface area (Å²) in [5.41, 5.74) is 15.2. The molecule has 0 saturated carbocycles. The molecule has 1 fully saturated rings. The van der Waals surface area contributed by atoms with E-state index in [1.807, 2.05) is 12.4 Å². The topological polar surface area (TPSA) is 41.0 Å². The van der Waals surface area contributed by atoms with Crippen LogP contribution in [0.4, 0.5) is 0 Å². The molecule has 7 heteroatoms. The van der Waals surface area contributed by atoms with E-state index >= 15 is 0 Å². The van der Waals surface area contributed by atoms with Crippen LogP contribution in [-0.2, 0) is 13.1 Å². The second-order valence-electron chi connectivity index (χ2n) is 11.2. The fourth-order valence-electron chi connectivity index (χ4n) is 5.50. The lowest BCUT2D eigenvalue weighted by molar-refractivity contribution is 0.320. The molecule has 0 amide bonds. The molecule has 0 unspecified atom stereocenters. The number of benzene rings is 2. The highest BCUT2D eigenvalue weighted by molar-refractivity contribution is 5.86. The minimum atomic E-state index is 0. The summed E-state index contributed by atoms with van der Waals surface area (Å²) in [6.45, 7) is 17.1. The lowest BCUT2D eigenvalue weighted by Crippen LogP contribution is -2.32. The number of nitrogens with one attached hydrogen (secondary N) is 1. The van der Waals surface area contributed by atoms with Gasteiger partial charge in [-0.1, -0.05) is 0 Å². The van der Waals surface area contributed by atoms with Crippen molar-refractivity contribution in [2.24, 2.45) is 0 Å². The van der Waals surface area contributed by atoms with Crippen LogP contribution >= 0.6 is 37.2 Å². The van der Waals surface area contributed by atoms with Crippen LogP contribution in [0.2, 0.25) is 0 Å². The van der Waals surface area contributed by atoms with E-state index in [1.54, 1.807) is 0 Å². The molecule has 1 N–H and O–H groups in total. The molecule has 4 nitrogen and oxygen atoms in total. The minimum absolute atomic E-state index is 0. The first-order chi connectivity index (χ1) is 18.3. The maximum absolute atomic E-state index is 4.68. The number of rotatable bonds is 7. The Hall–Kier alpha value is -2.47. The largest absolute Gasteiger partial charge is 0.309 e. The van der Waals surface area contributed by atoms with Crippen molar-refractivity contribution in [2.45, 2.75) is 67.1 Å². The molecule has 1 aliphatic heterocycles. The van der Waals surface area contributed by atoms with E-state index in [4.69, 9.17) is 0 Å². The maximum atomic E-state index is 4.68. The summed E-state index contributed by atoms with van der Waals surface area (Å²) in [6.07, 6.45) is 5.07. The van der Waals surface area contributed by atoms with E-state index in [2.05, 4.69) is 110 Å². The molecule has 2 aromatic heterocycles. The number of aromatic nitrogens is 2. The molecule has 0 radical (unpaired) electrons. The zero-order chi connectivity index (χ0) is 26.8. The Balaban J connectivity index is 0.00000196. The second kappa shape index (κ2) is 15.1. The molecular formula is C34H43Cl3N4. The van der Waals surface area contributed by atoms with Gasteiger partial charge in [0.25, 0.3) is 0 Å². The average molecular weight is 614 g/mol. The molecule has 0 aliphatic carbocycles. The van der Waals surface area contributed by atoms with Gasteiger partial charge in [-0.3, -0.25) is 14.9 Å². The Bertz CT molecular complexity index is 1420. The van der Waals surface area contributed by atoms with Gasteiger partial charge in [0.1, 0.15) is 0 Å². The number of nitrogens with zero attached hydrogens (tertiary/aromatic N) is 3. The Morgan fingerprint density at radius 1 is 0.683 bits per heavy atom. The summed E-state index contributed by atoms with van der Waals surface area (Å²) < 4.78 is 0. The molecule has 0 spiro atoms. The van der Waals surface area contributed by atoms with E-state index < -0.39 is 0 Å². The second-order valence-corrected chi connectivity index (χ2v) is 11.2. The zero-order valence-corrected chi connectivity index (χ0v) is 27.4. The molecule has 0 bridgehead atoms. The molecule has 220 valence electrons. The number of hydrogen-bond acceptors (Lipinski definition) is 4. The van der Waals surface area contributed by atoms with Gasteiger partial charge in [0.05, 0.1) is 11.4 Å². The van der Waals surface area contributed by atoms with Crippen molar-refractivity contribution in [3.05, 3.63) is 105 Å². The van der Waals surface area contributed by atoms with Crippen LogP contribution in [-0.4, -0.2) is 34.0 Å². The lowest BCUT2D eigenvalue weighted by Gasteiger charge is -2.18. The standard InChI is InChI=1S/C34H40N4.3ClH/c1-22-13-30(14-23(2)26(22)5)33-17-28(7-10-35-33)19-37-32-9-12-38(21-32)20-29-8-11-36-34(18-29)31-15-24(3)27(6)25(4)16-31;;;/h7-8,10-11,13-18,32,37H,9,12,19-21H2,1-6H3;3*1H/t32-;;;/m0.../s1. The van der Waals surface area contributed by atoms with Gasteiger partial charge in [0.15, 0.2) is 0 Å². The van der Waals surface area contributed by atoms with Crippen LogP contribution in [0, 0.1) is 41.5 Å². The molecule has 1 aliphatic rings. The molecule has 2 aromatic carbocycles. The number of halogens is 3. The highest BCUT2D eigenvalue weighted by atomic mass is 35.5. The SMILES string of the molecule is Cc1cc(-c2cc(CN[C@H]3CCN(Cc4ccnc(-c5cc(C)c(C)c(C)c5)c4)C3)ccn2)cc(C)c1C.Cl.Cl.Cl. The highest BCUT2D eigenvalue weighted by Crippen LogP contribution is 2.26. The van der Waals surface area contributed by atoms with Crippen LogP contribution in [0.15, 0.2) is 60.9 Å². The van der Waals surface area contributed by atoms with E-state index in [9.17, 15) is 0 Å². The van der Waals surface area contributed by atoms with Crippen LogP contribution in [0.25, 0.3) is 22.5 Å². The van der Waals surface area contributed by atoms with Crippen LogP contribution < -0.4 is 5.32 Å².